The fourth-order valence-corrected chi connectivity index (χ4v) is 2.69. The van der Waals surface area contributed by atoms with Gasteiger partial charge in [-0.2, -0.15) is 0 Å². The maximum Gasteiger partial charge on any atom is 0.251 e. The number of hydrogen-bond donors (Lipinski definition) is 1. The van der Waals surface area contributed by atoms with Gasteiger partial charge in [-0.15, -0.1) is 0 Å². The van der Waals surface area contributed by atoms with Gasteiger partial charge >= 0.3 is 0 Å². The van der Waals surface area contributed by atoms with E-state index in [1.807, 2.05) is 0 Å². The zero-order valence-electron chi connectivity index (χ0n) is 13.3. The summed E-state index contributed by atoms with van der Waals surface area (Å²) in [6.07, 6.45) is 3.71. The van der Waals surface area contributed by atoms with Crippen molar-refractivity contribution >= 4 is 5.91 Å². The van der Waals surface area contributed by atoms with Crippen molar-refractivity contribution in [2.75, 3.05) is 19.6 Å². The van der Waals surface area contributed by atoms with Gasteiger partial charge in [0.2, 0.25) is 0 Å². The molecule has 0 aromatic carbocycles. The van der Waals surface area contributed by atoms with Crippen LogP contribution in [0.5, 0.6) is 0 Å². The van der Waals surface area contributed by atoms with Crippen LogP contribution in [0.2, 0.25) is 0 Å². The lowest BCUT2D eigenvalue weighted by Crippen LogP contribution is -2.58. The Morgan fingerprint density at radius 3 is 2.48 bits per heavy atom. The first-order valence-corrected chi connectivity index (χ1v) is 7.47. The highest BCUT2D eigenvalue weighted by atomic mass is 16.5. The van der Waals surface area contributed by atoms with E-state index in [1.165, 1.54) is 0 Å². The van der Waals surface area contributed by atoms with Gasteiger partial charge in [-0.05, 0) is 39.8 Å². The van der Waals surface area contributed by atoms with Gasteiger partial charge in [-0.3, -0.25) is 14.7 Å². The third kappa shape index (κ3) is 4.25. The van der Waals surface area contributed by atoms with E-state index in [9.17, 15) is 4.79 Å². The van der Waals surface area contributed by atoms with Crippen LogP contribution in [0.15, 0.2) is 24.5 Å². The maximum atomic E-state index is 12.1. The molecule has 2 rings (SSSR count). The number of morpholine rings is 1. The molecule has 21 heavy (non-hydrogen) atoms. The summed E-state index contributed by atoms with van der Waals surface area (Å²) in [7, 11) is 0. The molecule has 0 saturated carbocycles. The molecule has 1 N–H and O–H groups in total. The summed E-state index contributed by atoms with van der Waals surface area (Å²) in [5.41, 5.74) is 0.541. The Labute approximate surface area is 126 Å². The van der Waals surface area contributed by atoms with Gasteiger partial charge in [0.1, 0.15) is 0 Å². The molecule has 1 aromatic rings. The average molecular weight is 291 g/mol. The first-order chi connectivity index (χ1) is 9.88. The molecule has 2 heterocycles. The van der Waals surface area contributed by atoms with Crippen LogP contribution in [0.4, 0.5) is 0 Å². The van der Waals surface area contributed by atoms with Gasteiger partial charge in [0, 0.05) is 43.1 Å². The molecule has 0 aliphatic carbocycles. The minimum absolute atomic E-state index is 0.0557. The average Bonchev–Trinajstić information content (AvgIpc) is 2.45. The standard InChI is InChI=1S/C16H25N3O2/c1-12-9-19(10-13(2)21-12)16(3,4)11-18-15(20)14-5-7-17-8-6-14/h5-8,12-13H,9-11H2,1-4H3,(H,18,20). The van der Waals surface area contributed by atoms with E-state index in [1.54, 1.807) is 24.5 Å². The van der Waals surface area contributed by atoms with Crippen molar-refractivity contribution in [2.24, 2.45) is 0 Å². The first kappa shape index (κ1) is 15.9. The quantitative estimate of drug-likeness (QED) is 0.917. The van der Waals surface area contributed by atoms with E-state index in [2.05, 4.69) is 42.9 Å². The molecule has 1 aromatic heterocycles. The van der Waals surface area contributed by atoms with Crippen LogP contribution in [-0.4, -0.2) is 53.2 Å². The second-order valence-corrected chi connectivity index (χ2v) is 6.39. The van der Waals surface area contributed by atoms with Crippen molar-refractivity contribution in [1.82, 2.24) is 15.2 Å². The number of nitrogens with zero attached hydrogens (tertiary/aromatic N) is 2. The monoisotopic (exact) mass is 291 g/mol. The molecule has 0 spiro atoms. The van der Waals surface area contributed by atoms with Crippen LogP contribution in [0, 0.1) is 0 Å². The van der Waals surface area contributed by atoms with E-state index in [-0.39, 0.29) is 23.7 Å². The summed E-state index contributed by atoms with van der Waals surface area (Å²) in [6, 6.07) is 3.45. The van der Waals surface area contributed by atoms with Gasteiger partial charge in [-0.1, -0.05) is 0 Å². The number of amides is 1. The lowest BCUT2D eigenvalue weighted by Gasteiger charge is -2.45. The molecule has 1 aliphatic heterocycles. The smallest absolute Gasteiger partial charge is 0.251 e. The zero-order valence-corrected chi connectivity index (χ0v) is 13.3. The third-order valence-electron chi connectivity index (χ3n) is 3.90. The number of carbonyl (C=O) groups is 1. The van der Waals surface area contributed by atoms with Gasteiger partial charge in [0.25, 0.3) is 5.91 Å². The molecular weight excluding hydrogens is 266 g/mol. The highest BCUT2D eigenvalue weighted by Gasteiger charge is 2.33. The fourth-order valence-electron chi connectivity index (χ4n) is 2.69. The molecule has 0 bridgehead atoms. The second-order valence-electron chi connectivity index (χ2n) is 6.39. The summed E-state index contributed by atoms with van der Waals surface area (Å²) < 4.78 is 5.77. The van der Waals surface area contributed by atoms with Crippen molar-refractivity contribution in [3.63, 3.8) is 0 Å². The minimum atomic E-state index is -0.102. The summed E-state index contributed by atoms with van der Waals surface area (Å²) in [4.78, 5) is 18.4. The number of rotatable bonds is 4. The largest absolute Gasteiger partial charge is 0.373 e. The summed E-state index contributed by atoms with van der Waals surface area (Å²) in [6.45, 7) is 10.9. The highest BCUT2D eigenvalue weighted by Crippen LogP contribution is 2.20. The Balaban J connectivity index is 1.93. The van der Waals surface area contributed by atoms with E-state index < -0.39 is 0 Å². The van der Waals surface area contributed by atoms with Gasteiger partial charge < -0.3 is 10.1 Å². The number of hydrogen-bond acceptors (Lipinski definition) is 4. The van der Waals surface area contributed by atoms with E-state index in [0.717, 1.165) is 13.1 Å². The van der Waals surface area contributed by atoms with Crippen molar-refractivity contribution < 1.29 is 9.53 Å². The summed E-state index contributed by atoms with van der Waals surface area (Å²) >= 11 is 0. The maximum absolute atomic E-state index is 12.1. The normalized spacial score (nSPS) is 23.8. The predicted molar refractivity (Wildman–Crippen MR) is 82.2 cm³/mol. The third-order valence-corrected chi connectivity index (χ3v) is 3.90. The molecule has 5 heteroatoms. The molecule has 2 atom stereocenters. The Morgan fingerprint density at radius 1 is 1.33 bits per heavy atom. The SMILES string of the molecule is CC1CN(C(C)(C)CNC(=O)c2ccncc2)CC(C)O1. The molecule has 1 saturated heterocycles. The molecule has 116 valence electrons. The van der Waals surface area contributed by atoms with Gasteiger partial charge in [0.05, 0.1) is 12.2 Å². The van der Waals surface area contributed by atoms with Crippen LogP contribution in [0.25, 0.3) is 0 Å². The van der Waals surface area contributed by atoms with Gasteiger partial charge in [0.15, 0.2) is 0 Å². The van der Waals surface area contributed by atoms with Crippen LogP contribution < -0.4 is 5.32 Å². The Hall–Kier alpha value is -1.46. The Kier molecular flexibility index (Phi) is 4.96. The number of aromatic nitrogens is 1. The summed E-state index contributed by atoms with van der Waals surface area (Å²) in [5, 5.41) is 3.02. The van der Waals surface area contributed by atoms with Crippen molar-refractivity contribution in [1.29, 1.82) is 0 Å². The van der Waals surface area contributed by atoms with Crippen molar-refractivity contribution in [2.45, 2.75) is 45.4 Å². The minimum Gasteiger partial charge on any atom is -0.373 e. The fraction of sp³-hybridized carbons (Fsp3) is 0.625. The number of pyridine rings is 1. The van der Waals surface area contributed by atoms with Crippen LogP contribution in [-0.2, 0) is 4.74 Å². The molecule has 1 amide bonds. The van der Waals surface area contributed by atoms with Crippen LogP contribution in [0.1, 0.15) is 38.1 Å². The predicted octanol–water partition coefficient (Wildman–Crippen LogP) is 1.70. The topological polar surface area (TPSA) is 54.5 Å². The second kappa shape index (κ2) is 6.54. The number of carbonyl (C=O) groups excluding carboxylic acids is 1. The Morgan fingerprint density at radius 2 is 1.90 bits per heavy atom. The molecule has 1 aliphatic rings. The zero-order chi connectivity index (χ0) is 15.5. The van der Waals surface area contributed by atoms with Crippen LogP contribution in [0.3, 0.4) is 0 Å². The first-order valence-electron chi connectivity index (χ1n) is 7.47. The van der Waals surface area contributed by atoms with E-state index >= 15 is 0 Å². The molecular formula is C16H25N3O2. The van der Waals surface area contributed by atoms with Crippen molar-refractivity contribution in [3.05, 3.63) is 30.1 Å². The van der Waals surface area contributed by atoms with E-state index in [4.69, 9.17) is 4.74 Å². The lowest BCUT2D eigenvalue weighted by atomic mass is 10.00. The highest BCUT2D eigenvalue weighted by molar-refractivity contribution is 5.94. The molecule has 0 radical (unpaired) electrons. The number of nitrogens with one attached hydrogen (secondary N) is 1. The van der Waals surface area contributed by atoms with Gasteiger partial charge in [-0.25, -0.2) is 0 Å². The molecule has 2 unspecified atom stereocenters. The van der Waals surface area contributed by atoms with E-state index in [0.29, 0.717) is 12.1 Å². The summed E-state index contributed by atoms with van der Waals surface area (Å²) in [5.74, 6) is -0.0557. The van der Waals surface area contributed by atoms with Crippen LogP contribution >= 0.6 is 0 Å². The Bertz CT molecular complexity index is 466. The molecule has 5 nitrogen and oxygen atoms in total. The van der Waals surface area contributed by atoms with Crippen molar-refractivity contribution in [3.8, 4) is 0 Å². The molecule has 1 fully saturated rings. The number of ether oxygens (including phenoxy) is 1. The lowest BCUT2D eigenvalue weighted by molar-refractivity contribution is -0.0948.